The van der Waals surface area contributed by atoms with E-state index in [2.05, 4.69) is 5.32 Å². The summed E-state index contributed by atoms with van der Waals surface area (Å²) in [5, 5.41) is 12.9. The molecule has 3 rings (SSSR count). The highest BCUT2D eigenvalue weighted by Crippen LogP contribution is 2.30. The van der Waals surface area contributed by atoms with Crippen molar-refractivity contribution in [1.29, 1.82) is 0 Å². The van der Waals surface area contributed by atoms with Crippen molar-refractivity contribution in [2.24, 2.45) is 0 Å². The number of aliphatic hydroxyl groups is 1. The summed E-state index contributed by atoms with van der Waals surface area (Å²) in [4.78, 5) is 25.9. The van der Waals surface area contributed by atoms with Crippen LogP contribution in [0.2, 0.25) is 0 Å². The summed E-state index contributed by atoms with van der Waals surface area (Å²) in [5.74, 6) is -0.841. The van der Waals surface area contributed by atoms with Crippen LogP contribution in [0.4, 0.5) is 15.8 Å². The van der Waals surface area contributed by atoms with Crippen LogP contribution in [-0.4, -0.2) is 23.5 Å². The highest BCUT2D eigenvalue weighted by molar-refractivity contribution is 6.02. The van der Waals surface area contributed by atoms with Gasteiger partial charge in [0.25, 0.3) is 0 Å². The minimum atomic E-state index is -1.10. The number of carbonyl (C=O) groups excluding carboxylic acids is 2. The number of nitrogens with zero attached hydrogens (tertiary/aromatic N) is 1. The van der Waals surface area contributed by atoms with Crippen molar-refractivity contribution in [3.8, 4) is 0 Å². The highest BCUT2D eigenvalue weighted by Gasteiger charge is 2.24. The summed E-state index contributed by atoms with van der Waals surface area (Å²) in [6, 6.07) is 12.6. The average molecular weight is 342 g/mol. The second-order valence-electron chi connectivity index (χ2n) is 5.99. The Morgan fingerprint density at radius 1 is 1.24 bits per heavy atom. The maximum Gasteiger partial charge on any atom is 0.227 e. The van der Waals surface area contributed by atoms with E-state index in [9.17, 15) is 19.1 Å². The molecular formula is C19H19FN2O3. The van der Waals surface area contributed by atoms with Crippen molar-refractivity contribution in [3.63, 3.8) is 0 Å². The number of para-hydroxylation sites is 2. The lowest BCUT2D eigenvalue weighted by Gasteiger charge is -2.20. The van der Waals surface area contributed by atoms with Gasteiger partial charge < -0.3 is 15.3 Å². The molecule has 2 N–H and O–H groups in total. The molecule has 1 aliphatic rings. The van der Waals surface area contributed by atoms with Crippen LogP contribution in [0.15, 0.2) is 48.5 Å². The van der Waals surface area contributed by atoms with Crippen molar-refractivity contribution >= 4 is 23.2 Å². The van der Waals surface area contributed by atoms with E-state index in [-0.39, 0.29) is 12.3 Å². The molecule has 5 nitrogen and oxygen atoms in total. The first-order valence-electron chi connectivity index (χ1n) is 8.17. The van der Waals surface area contributed by atoms with E-state index in [4.69, 9.17) is 0 Å². The maximum atomic E-state index is 13.2. The van der Waals surface area contributed by atoms with E-state index >= 15 is 0 Å². The fourth-order valence-corrected chi connectivity index (χ4v) is 2.93. The molecule has 0 saturated carbocycles. The molecule has 25 heavy (non-hydrogen) atoms. The Bertz CT molecular complexity index is 794. The molecule has 2 aromatic rings. The Balaban J connectivity index is 1.70. The van der Waals surface area contributed by atoms with Gasteiger partial charge in [-0.05, 0) is 36.2 Å². The third-order valence-corrected chi connectivity index (χ3v) is 4.15. The van der Waals surface area contributed by atoms with Gasteiger partial charge in [0.1, 0.15) is 5.82 Å². The Morgan fingerprint density at radius 2 is 2.04 bits per heavy atom. The van der Waals surface area contributed by atoms with Crippen LogP contribution in [-0.2, 0) is 9.59 Å². The summed E-state index contributed by atoms with van der Waals surface area (Å²) in [7, 11) is 0. The van der Waals surface area contributed by atoms with Crippen molar-refractivity contribution in [1.82, 2.24) is 0 Å². The second kappa shape index (κ2) is 7.44. The third kappa shape index (κ3) is 4.03. The van der Waals surface area contributed by atoms with Gasteiger partial charge in [0.2, 0.25) is 11.8 Å². The quantitative estimate of drug-likeness (QED) is 0.877. The zero-order valence-electron chi connectivity index (χ0n) is 13.6. The topological polar surface area (TPSA) is 69.6 Å². The molecule has 1 unspecified atom stereocenters. The molecular weight excluding hydrogens is 323 g/mol. The molecule has 6 heteroatoms. The van der Waals surface area contributed by atoms with Gasteiger partial charge >= 0.3 is 0 Å². The van der Waals surface area contributed by atoms with Crippen molar-refractivity contribution in [3.05, 3.63) is 59.9 Å². The fourth-order valence-electron chi connectivity index (χ4n) is 2.93. The number of carbonyl (C=O) groups is 2. The van der Waals surface area contributed by atoms with Gasteiger partial charge in [0, 0.05) is 13.0 Å². The standard InChI is InChI=1S/C19H19FN2O3/c20-14-6-3-5-13(11-14)17(23)12-18(24)21-15-7-1-2-8-16(15)22-10-4-9-19(22)25/h1-3,5-8,11,17,23H,4,9-10,12H2,(H,21,24). The van der Waals surface area contributed by atoms with Crippen LogP contribution in [0.5, 0.6) is 0 Å². The molecule has 1 atom stereocenters. The Morgan fingerprint density at radius 3 is 2.76 bits per heavy atom. The van der Waals surface area contributed by atoms with Crippen LogP contribution >= 0.6 is 0 Å². The summed E-state index contributed by atoms with van der Waals surface area (Å²) >= 11 is 0. The van der Waals surface area contributed by atoms with Gasteiger partial charge in [0.05, 0.1) is 23.9 Å². The van der Waals surface area contributed by atoms with E-state index in [1.54, 1.807) is 35.2 Å². The van der Waals surface area contributed by atoms with Gasteiger partial charge in [-0.15, -0.1) is 0 Å². The van der Waals surface area contributed by atoms with Crippen LogP contribution in [0.1, 0.15) is 30.9 Å². The van der Waals surface area contributed by atoms with E-state index in [1.165, 1.54) is 18.2 Å². The molecule has 0 radical (unpaired) electrons. The Hall–Kier alpha value is -2.73. The molecule has 0 aromatic heterocycles. The van der Waals surface area contributed by atoms with E-state index in [1.807, 2.05) is 0 Å². The fraction of sp³-hybridized carbons (Fsp3) is 0.263. The first-order valence-corrected chi connectivity index (χ1v) is 8.17. The number of rotatable bonds is 5. The maximum absolute atomic E-state index is 13.2. The van der Waals surface area contributed by atoms with Crippen LogP contribution < -0.4 is 10.2 Å². The van der Waals surface area contributed by atoms with E-state index in [0.717, 1.165) is 6.42 Å². The van der Waals surface area contributed by atoms with Crippen molar-refractivity contribution in [2.75, 3.05) is 16.8 Å². The van der Waals surface area contributed by atoms with Crippen molar-refractivity contribution in [2.45, 2.75) is 25.4 Å². The van der Waals surface area contributed by atoms with Gasteiger partial charge in [0.15, 0.2) is 0 Å². The van der Waals surface area contributed by atoms with Crippen molar-refractivity contribution < 1.29 is 19.1 Å². The van der Waals surface area contributed by atoms with Gasteiger partial charge in [-0.2, -0.15) is 0 Å². The summed E-state index contributed by atoms with van der Waals surface area (Å²) in [6.07, 6.45) is -0.0117. The van der Waals surface area contributed by atoms with E-state index in [0.29, 0.717) is 29.9 Å². The molecule has 0 spiro atoms. The number of hydrogen-bond donors (Lipinski definition) is 2. The molecule has 1 fully saturated rings. The van der Waals surface area contributed by atoms with E-state index < -0.39 is 17.8 Å². The monoisotopic (exact) mass is 342 g/mol. The number of amides is 2. The zero-order chi connectivity index (χ0) is 17.8. The molecule has 130 valence electrons. The SMILES string of the molecule is O=C(CC(O)c1cccc(F)c1)Nc1ccccc1N1CCCC1=O. The molecule has 2 aromatic carbocycles. The van der Waals surface area contributed by atoms with Gasteiger partial charge in [-0.1, -0.05) is 24.3 Å². The molecule has 0 aliphatic carbocycles. The Kier molecular flexibility index (Phi) is 5.09. The lowest BCUT2D eigenvalue weighted by Crippen LogP contribution is -2.25. The van der Waals surface area contributed by atoms with Gasteiger partial charge in [-0.25, -0.2) is 4.39 Å². The number of benzene rings is 2. The molecule has 2 amide bonds. The highest BCUT2D eigenvalue weighted by atomic mass is 19.1. The predicted molar refractivity (Wildman–Crippen MR) is 92.6 cm³/mol. The van der Waals surface area contributed by atoms with Gasteiger partial charge in [-0.3, -0.25) is 9.59 Å². The summed E-state index contributed by atoms with van der Waals surface area (Å²) in [5.41, 5.74) is 1.52. The third-order valence-electron chi connectivity index (χ3n) is 4.15. The number of hydrogen-bond acceptors (Lipinski definition) is 3. The van der Waals surface area contributed by atoms with Crippen LogP contribution in [0.25, 0.3) is 0 Å². The second-order valence-corrected chi connectivity index (χ2v) is 5.99. The zero-order valence-corrected chi connectivity index (χ0v) is 13.6. The number of nitrogens with one attached hydrogen (secondary N) is 1. The minimum Gasteiger partial charge on any atom is -0.388 e. The number of aliphatic hydroxyl groups excluding tert-OH is 1. The summed E-state index contributed by atoms with van der Waals surface area (Å²) < 4.78 is 13.2. The smallest absolute Gasteiger partial charge is 0.227 e. The largest absolute Gasteiger partial charge is 0.388 e. The lowest BCUT2D eigenvalue weighted by atomic mass is 10.1. The average Bonchev–Trinajstić information content (AvgIpc) is 3.01. The lowest BCUT2D eigenvalue weighted by molar-refractivity contribution is -0.118. The Labute approximate surface area is 145 Å². The van der Waals surface area contributed by atoms with Crippen LogP contribution in [0, 0.1) is 5.82 Å². The molecule has 1 aliphatic heterocycles. The normalized spacial score (nSPS) is 15.3. The molecule has 1 saturated heterocycles. The number of halogens is 1. The minimum absolute atomic E-state index is 0.0292. The first kappa shape index (κ1) is 17.1. The number of anilines is 2. The molecule has 1 heterocycles. The predicted octanol–water partition coefficient (Wildman–Crippen LogP) is 3.01. The van der Waals surface area contributed by atoms with Crippen LogP contribution in [0.3, 0.4) is 0 Å². The first-order chi connectivity index (χ1) is 12.0. The summed E-state index contributed by atoms with van der Waals surface area (Å²) in [6.45, 7) is 0.623. The molecule has 0 bridgehead atoms.